The molecule has 6 heteroatoms. The van der Waals surface area contributed by atoms with E-state index in [2.05, 4.69) is 27.7 Å². The molecule has 0 fully saturated rings. The van der Waals surface area contributed by atoms with E-state index in [9.17, 15) is 0 Å². The predicted octanol–water partition coefficient (Wildman–Crippen LogP) is 2.94. The van der Waals surface area contributed by atoms with E-state index in [1.807, 2.05) is 0 Å². The number of nitrogens with two attached hydrogens (primary N) is 1. The Balaban J connectivity index is 2.09. The van der Waals surface area contributed by atoms with E-state index >= 15 is 0 Å². The molecule has 0 aliphatic rings. The van der Waals surface area contributed by atoms with Crippen molar-refractivity contribution < 1.29 is 0 Å². The molecule has 0 aromatic carbocycles. The van der Waals surface area contributed by atoms with Crippen LogP contribution in [0.15, 0.2) is 17.5 Å². The molecule has 3 heterocycles. The van der Waals surface area contributed by atoms with Crippen molar-refractivity contribution in [3.8, 4) is 9.88 Å². The van der Waals surface area contributed by atoms with Crippen LogP contribution >= 0.6 is 34.0 Å². The number of hydrogen-bond acceptors (Lipinski definition) is 6. The van der Waals surface area contributed by atoms with Crippen LogP contribution in [-0.2, 0) is 6.54 Å². The topological polar surface area (TPSA) is 51.8 Å². The van der Waals surface area contributed by atoms with Crippen LogP contribution in [0.5, 0.6) is 0 Å². The smallest absolute Gasteiger partial charge is 0.157 e. The maximum atomic E-state index is 5.51. The fourth-order valence-electron chi connectivity index (χ4n) is 1.31. The molecule has 3 aromatic heterocycles. The lowest BCUT2D eigenvalue weighted by molar-refractivity contribution is 0.961. The number of thiophene rings is 2. The second-order valence-electron chi connectivity index (χ2n) is 2.96. The van der Waals surface area contributed by atoms with Crippen molar-refractivity contribution in [2.24, 2.45) is 5.73 Å². The summed E-state index contributed by atoms with van der Waals surface area (Å²) in [4.78, 5) is 1.19. The zero-order valence-corrected chi connectivity index (χ0v) is 10.1. The first-order valence-electron chi connectivity index (χ1n) is 4.36. The molecule has 2 N–H and O–H groups in total. The van der Waals surface area contributed by atoms with E-state index in [4.69, 9.17) is 5.73 Å². The lowest BCUT2D eigenvalue weighted by Crippen LogP contribution is -1.94. The van der Waals surface area contributed by atoms with Crippen molar-refractivity contribution in [3.63, 3.8) is 0 Å². The zero-order chi connectivity index (χ0) is 10.3. The first kappa shape index (κ1) is 9.41. The van der Waals surface area contributed by atoms with Gasteiger partial charge in [0.1, 0.15) is 5.01 Å². The van der Waals surface area contributed by atoms with Gasteiger partial charge in [-0.2, -0.15) is 0 Å². The van der Waals surface area contributed by atoms with E-state index in [1.54, 1.807) is 34.0 Å². The van der Waals surface area contributed by atoms with Gasteiger partial charge in [0.2, 0.25) is 0 Å². The molecule has 0 radical (unpaired) electrons. The lowest BCUT2D eigenvalue weighted by Gasteiger charge is -1.84. The van der Waals surface area contributed by atoms with E-state index < -0.39 is 0 Å². The van der Waals surface area contributed by atoms with Gasteiger partial charge in [-0.25, -0.2) is 0 Å². The average molecular weight is 253 g/mol. The van der Waals surface area contributed by atoms with Crippen LogP contribution in [0.25, 0.3) is 19.3 Å². The third-order valence-corrected chi connectivity index (χ3v) is 5.20. The molecule has 0 atom stereocenters. The number of fused-ring (bicyclic) bond motifs is 1. The summed E-state index contributed by atoms with van der Waals surface area (Å²) in [6.07, 6.45) is 0. The molecule has 0 bridgehead atoms. The maximum Gasteiger partial charge on any atom is 0.157 e. The van der Waals surface area contributed by atoms with E-state index in [0.717, 1.165) is 10.0 Å². The van der Waals surface area contributed by atoms with Crippen molar-refractivity contribution in [1.29, 1.82) is 0 Å². The first-order chi connectivity index (χ1) is 7.36. The van der Waals surface area contributed by atoms with Crippen molar-refractivity contribution in [3.05, 3.63) is 22.5 Å². The molecule has 0 saturated carbocycles. The number of rotatable bonds is 2. The van der Waals surface area contributed by atoms with E-state index in [1.165, 1.54) is 14.3 Å². The molecule has 0 unspecified atom stereocenters. The predicted molar refractivity (Wildman–Crippen MR) is 66.5 cm³/mol. The first-order valence-corrected chi connectivity index (χ1v) is 6.88. The zero-order valence-electron chi connectivity index (χ0n) is 7.64. The molecule has 3 aromatic rings. The summed E-state index contributed by atoms with van der Waals surface area (Å²) < 4.78 is 2.64. The minimum Gasteiger partial charge on any atom is -0.324 e. The van der Waals surface area contributed by atoms with E-state index in [-0.39, 0.29) is 0 Å². The average Bonchev–Trinajstić information content (AvgIpc) is 2.91. The second kappa shape index (κ2) is 3.64. The van der Waals surface area contributed by atoms with Gasteiger partial charge in [-0.15, -0.1) is 32.9 Å². The molecule has 3 rings (SSSR count). The molecule has 3 nitrogen and oxygen atoms in total. The number of hydrogen-bond donors (Lipinski definition) is 1. The molecule has 0 aliphatic heterocycles. The molecular formula is C9H7N3S3. The highest BCUT2D eigenvalue weighted by Crippen LogP contribution is 2.37. The third-order valence-electron chi connectivity index (χ3n) is 1.99. The molecular weight excluding hydrogens is 246 g/mol. The minimum atomic E-state index is 0.470. The van der Waals surface area contributed by atoms with Gasteiger partial charge >= 0.3 is 0 Å². The summed E-state index contributed by atoms with van der Waals surface area (Å²) in [5.41, 5.74) is 5.51. The van der Waals surface area contributed by atoms with Gasteiger partial charge in [-0.3, -0.25) is 0 Å². The minimum absolute atomic E-state index is 0.470. The van der Waals surface area contributed by atoms with Crippen LogP contribution < -0.4 is 5.73 Å². The standard InChI is InChI=1S/C9H7N3S3/c10-4-8-11-12-9(15-8)7-3-6-5(14-7)1-2-13-6/h1-3H,4,10H2. The van der Waals surface area contributed by atoms with Crippen LogP contribution in [0.1, 0.15) is 5.01 Å². The Hall–Kier alpha value is -0.820. The van der Waals surface area contributed by atoms with Gasteiger partial charge in [0.25, 0.3) is 0 Å². The number of aromatic nitrogens is 2. The summed E-state index contributed by atoms with van der Waals surface area (Å²) in [6, 6.07) is 4.31. The molecule has 0 saturated heterocycles. The highest BCUT2D eigenvalue weighted by atomic mass is 32.1. The van der Waals surface area contributed by atoms with Crippen molar-refractivity contribution in [1.82, 2.24) is 10.2 Å². The molecule has 0 aliphatic carbocycles. The Morgan fingerprint density at radius 3 is 2.87 bits per heavy atom. The molecule has 15 heavy (non-hydrogen) atoms. The van der Waals surface area contributed by atoms with Gasteiger partial charge in [-0.1, -0.05) is 11.3 Å². The fourth-order valence-corrected chi connectivity index (χ4v) is 4.17. The van der Waals surface area contributed by atoms with Crippen LogP contribution in [0, 0.1) is 0 Å². The fraction of sp³-hybridized carbons (Fsp3) is 0.111. The van der Waals surface area contributed by atoms with Gasteiger partial charge in [0.05, 0.1) is 4.88 Å². The van der Waals surface area contributed by atoms with Crippen LogP contribution in [0.2, 0.25) is 0 Å². The Labute approximate surface area is 98.2 Å². The Morgan fingerprint density at radius 2 is 2.13 bits per heavy atom. The highest BCUT2D eigenvalue weighted by molar-refractivity contribution is 7.30. The maximum absolute atomic E-state index is 5.51. The normalized spacial score (nSPS) is 11.3. The Bertz CT molecular complexity index is 564. The summed E-state index contributed by atoms with van der Waals surface area (Å²) in [5, 5.41) is 12.1. The number of nitrogens with zero attached hydrogens (tertiary/aromatic N) is 2. The van der Waals surface area contributed by atoms with Crippen LogP contribution in [0.4, 0.5) is 0 Å². The highest BCUT2D eigenvalue weighted by Gasteiger charge is 2.09. The van der Waals surface area contributed by atoms with Crippen molar-refractivity contribution >= 4 is 43.4 Å². The molecule has 0 spiro atoms. The van der Waals surface area contributed by atoms with Gasteiger partial charge in [0.15, 0.2) is 5.01 Å². The summed E-state index contributed by atoms with van der Waals surface area (Å²) in [7, 11) is 0. The third kappa shape index (κ3) is 1.59. The lowest BCUT2D eigenvalue weighted by atomic mass is 10.4. The summed E-state index contributed by atoms with van der Waals surface area (Å²) in [5.74, 6) is 0. The molecule has 0 amide bonds. The largest absolute Gasteiger partial charge is 0.324 e. The van der Waals surface area contributed by atoms with Crippen molar-refractivity contribution in [2.45, 2.75) is 6.54 Å². The van der Waals surface area contributed by atoms with Crippen molar-refractivity contribution in [2.75, 3.05) is 0 Å². The van der Waals surface area contributed by atoms with Gasteiger partial charge < -0.3 is 5.73 Å². The van der Waals surface area contributed by atoms with Crippen LogP contribution in [-0.4, -0.2) is 10.2 Å². The van der Waals surface area contributed by atoms with Crippen LogP contribution in [0.3, 0.4) is 0 Å². The summed E-state index contributed by atoms with van der Waals surface area (Å²) >= 11 is 5.09. The van der Waals surface area contributed by atoms with E-state index in [0.29, 0.717) is 6.54 Å². The monoisotopic (exact) mass is 253 g/mol. The quantitative estimate of drug-likeness (QED) is 0.764. The van der Waals surface area contributed by atoms with Gasteiger partial charge in [0, 0.05) is 15.9 Å². The SMILES string of the molecule is NCc1nnc(-c2cc3sccc3s2)s1. The second-order valence-corrected chi connectivity index (χ2v) is 6.06. The Morgan fingerprint density at radius 1 is 1.20 bits per heavy atom. The molecule has 76 valence electrons. The van der Waals surface area contributed by atoms with Gasteiger partial charge in [-0.05, 0) is 17.5 Å². The Kier molecular flexibility index (Phi) is 2.28. The summed E-state index contributed by atoms with van der Waals surface area (Å²) in [6.45, 7) is 0.470.